The lowest BCUT2D eigenvalue weighted by atomic mass is 9.99. The Morgan fingerprint density at radius 2 is 1.88 bits per heavy atom. The van der Waals surface area contributed by atoms with Crippen molar-refractivity contribution in [2.45, 2.75) is 73.0 Å². The Morgan fingerprint density at radius 3 is 2.38 bits per heavy atom. The minimum absolute atomic E-state index is 0. The van der Waals surface area contributed by atoms with E-state index in [1.807, 2.05) is 40.7 Å². The molecular formula is C20H36N2O2. The zero-order chi connectivity index (χ0) is 17.9. The van der Waals surface area contributed by atoms with E-state index >= 15 is 0 Å². The summed E-state index contributed by atoms with van der Waals surface area (Å²) in [6.45, 7) is 12.8. The number of ether oxygens (including phenoxy) is 1. The molecule has 0 radical (unpaired) electrons. The van der Waals surface area contributed by atoms with E-state index in [1.165, 1.54) is 0 Å². The maximum absolute atomic E-state index is 12.4. The minimum Gasteiger partial charge on any atom is -0.375 e. The summed E-state index contributed by atoms with van der Waals surface area (Å²) >= 11 is 0. The first-order valence-electron chi connectivity index (χ1n) is 8.09. The molecule has 0 aromatic carbocycles. The predicted molar refractivity (Wildman–Crippen MR) is 104 cm³/mol. The van der Waals surface area contributed by atoms with Crippen molar-refractivity contribution >= 4 is 5.91 Å². The quantitative estimate of drug-likeness (QED) is 0.384. The second kappa shape index (κ2) is 11.9. The van der Waals surface area contributed by atoms with Gasteiger partial charge in [0.2, 0.25) is 0 Å². The third-order valence-corrected chi connectivity index (χ3v) is 3.40. The Kier molecular flexibility index (Phi) is 12.2. The lowest BCUT2D eigenvalue weighted by Crippen LogP contribution is -2.45. The summed E-state index contributed by atoms with van der Waals surface area (Å²) in [5.41, 5.74) is 5.53. The number of carbonyl (C=O) groups excluding carboxylic acids is 1. The van der Waals surface area contributed by atoms with Crippen LogP contribution in [0.25, 0.3) is 0 Å². The highest BCUT2D eigenvalue weighted by atomic mass is 16.5. The number of hydrogen-bond donors (Lipinski definition) is 2. The number of allylic oxidation sites excluding steroid dienone is 2. The van der Waals surface area contributed by atoms with Gasteiger partial charge < -0.3 is 15.8 Å². The first-order valence-corrected chi connectivity index (χ1v) is 8.09. The van der Waals surface area contributed by atoms with Crippen molar-refractivity contribution in [3.8, 4) is 11.8 Å². The minimum atomic E-state index is -0.365. The Hall–Kier alpha value is -1.57. The molecular weight excluding hydrogens is 300 g/mol. The Morgan fingerprint density at radius 1 is 1.25 bits per heavy atom. The number of nitrogens with one attached hydrogen (secondary N) is 1. The van der Waals surface area contributed by atoms with Gasteiger partial charge in [-0.25, -0.2) is 0 Å². The predicted octanol–water partition coefficient (Wildman–Crippen LogP) is 3.58. The molecule has 0 atom stereocenters. The molecule has 4 nitrogen and oxygen atoms in total. The maximum atomic E-state index is 12.4. The molecule has 0 spiro atoms. The van der Waals surface area contributed by atoms with Crippen LogP contribution in [-0.2, 0) is 9.53 Å². The van der Waals surface area contributed by atoms with Crippen molar-refractivity contribution in [3.05, 3.63) is 23.8 Å². The third kappa shape index (κ3) is 11.0. The SMILES string of the molecule is C.CC#C/C=C(\C=C\C)C(=O)NC(C)(C)CCOC(C)(C)CCN. The van der Waals surface area contributed by atoms with Gasteiger partial charge in [-0.05, 0) is 60.9 Å². The van der Waals surface area contributed by atoms with Crippen molar-refractivity contribution in [1.82, 2.24) is 5.32 Å². The van der Waals surface area contributed by atoms with Crippen molar-refractivity contribution in [2.24, 2.45) is 5.73 Å². The average Bonchev–Trinajstić information content (AvgIpc) is 2.42. The van der Waals surface area contributed by atoms with Crippen LogP contribution in [0.15, 0.2) is 23.8 Å². The van der Waals surface area contributed by atoms with Gasteiger partial charge in [0.25, 0.3) is 5.91 Å². The van der Waals surface area contributed by atoms with Crippen LogP contribution in [0.3, 0.4) is 0 Å². The van der Waals surface area contributed by atoms with Crippen LogP contribution >= 0.6 is 0 Å². The fourth-order valence-corrected chi connectivity index (χ4v) is 1.96. The van der Waals surface area contributed by atoms with Crippen LogP contribution in [0.1, 0.15) is 61.8 Å². The molecule has 4 heteroatoms. The lowest BCUT2D eigenvalue weighted by Gasteiger charge is -2.30. The normalized spacial score (nSPS) is 12.4. The van der Waals surface area contributed by atoms with Crippen LogP contribution < -0.4 is 11.1 Å². The summed E-state index contributed by atoms with van der Waals surface area (Å²) < 4.78 is 5.88. The first-order chi connectivity index (χ1) is 10.7. The molecule has 0 aliphatic rings. The molecule has 0 aliphatic carbocycles. The molecule has 0 fully saturated rings. The standard InChI is InChI=1S/C19H32N2O2.CH4/c1-7-9-11-16(10-8-2)17(22)21-18(3,4)13-15-23-19(5,6)12-14-20;/h8,10-11H,12-15,20H2,1-6H3,(H,21,22);1H4/b10-8+,16-11+;. The molecule has 0 saturated carbocycles. The second-order valence-corrected chi connectivity index (χ2v) is 6.73. The number of carbonyl (C=O) groups is 1. The smallest absolute Gasteiger partial charge is 0.252 e. The molecule has 24 heavy (non-hydrogen) atoms. The zero-order valence-corrected chi connectivity index (χ0v) is 15.5. The number of nitrogens with two attached hydrogens (primary N) is 1. The number of rotatable bonds is 9. The van der Waals surface area contributed by atoms with Gasteiger partial charge in [-0.2, -0.15) is 0 Å². The summed E-state index contributed by atoms with van der Waals surface area (Å²) in [6.07, 6.45) is 6.75. The fraction of sp³-hybridized carbons (Fsp3) is 0.650. The largest absolute Gasteiger partial charge is 0.375 e. The molecule has 0 bridgehead atoms. The van der Waals surface area contributed by atoms with Crippen LogP contribution in [0.5, 0.6) is 0 Å². The molecule has 0 unspecified atom stereocenters. The lowest BCUT2D eigenvalue weighted by molar-refractivity contribution is -0.119. The maximum Gasteiger partial charge on any atom is 0.252 e. The van der Waals surface area contributed by atoms with E-state index in [2.05, 4.69) is 17.2 Å². The summed E-state index contributed by atoms with van der Waals surface area (Å²) in [7, 11) is 0. The van der Waals surface area contributed by atoms with E-state index in [-0.39, 0.29) is 24.5 Å². The summed E-state index contributed by atoms with van der Waals surface area (Å²) in [5.74, 6) is 5.46. The van der Waals surface area contributed by atoms with Gasteiger partial charge in [-0.3, -0.25) is 4.79 Å². The Balaban J connectivity index is 0. The molecule has 0 aromatic heterocycles. The van der Waals surface area contributed by atoms with Gasteiger partial charge in [-0.15, -0.1) is 5.92 Å². The van der Waals surface area contributed by atoms with Gasteiger partial charge in [0, 0.05) is 23.8 Å². The topological polar surface area (TPSA) is 64.3 Å². The third-order valence-electron chi connectivity index (χ3n) is 3.40. The van der Waals surface area contributed by atoms with E-state index in [4.69, 9.17) is 10.5 Å². The van der Waals surface area contributed by atoms with E-state index < -0.39 is 0 Å². The van der Waals surface area contributed by atoms with E-state index in [9.17, 15) is 4.79 Å². The fourth-order valence-electron chi connectivity index (χ4n) is 1.96. The van der Waals surface area contributed by atoms with Crippen molar-refractivity contribution in [1.29, 1.82) is 0 Å². The van der Waals surface area contributed by atoms with Gasteiger partial charge in [0.1, 0.15) is 0 Å². The van der Waals surface area contributed by atoms with Gasteiger partial charge in [0.15, 0.2) is 0 Å². The molecule has 0 saturated heterocycles. The molecule has 1 amide bonds. The molecule has 0 rings (SSSR count). The summed E-state index contributed by atoms with van der Waals surface area (Å²) in [6, 6.07) is 0. The van der Waals surface area contributed by atoms with Gasteiger partial charge in [-0.1, -0.05) is 25.5 Å². The Bertz CT molecular complexity index is 492. The van der Waals surface area contributed by atoms with E-state index in [0.29, 0.717) is 18.7 Å². The highest BCUT2D eigenvalue weighted by Crippen LogP contribution is 2.17. The van der Waals surface area contributed by atoms with Crippen LogP contribution in [-0.4, -0.2) is 30.2 Å². The summed E-state index contributed by atoms with van der Waals surface area (Å²) in [4.78, 5) is 12.4. The molecule has 3 N–H and O–H groups in total. The van der Waals surface area contributed by atoms with Crippen molar-refractivity contribution in [3.63, 3.8) is 0 Å². The highest BCUT2D eigenvalue weighted by molar-refractivity contribution is 5.97. The first kappa shape index (κ1) is 24.7. The van der Waals surface area contributed by atoms with Crippen LogP contribution in [0.2, 0.25) is 0 Å². The van der Waals surface area contributed by atoms with Crippen LogP contribution in [0.4, 0.5) is 0 Å². The van der Waals surface area contributed by atoms with Gasteiger partial charge in [0.05, 0.1) is 5.60 Å². The zero-order valence-electron chi connectivity index (χ0n) is 15.5. The van der Waals surface area contributed by atoms with Crippen LogP contribution in [0, 0.1) is 11.8 Å². The van der Waals surface area contributed by atoms with Crippen molar-refractivity contribution < 1.29 is 9.53 Å². The van der Waals surface area contributed by atoms with Gasteiger partial charge >= 0.3 is 0 Å². The molecule has 0 heterocycles. The molecule has 138 valence electrons. The molecule has 0 aliphatic heterocycles. The Labute approximate surface area is 148 Å². The van der Waals surface area contributed by atoms with E-state index in [1.54, 1.807) is 19.1 Å². The van der Waals surface area contributed by atoms with E-state index in [0.717, 1.165) is 12.8 Å². The second-order valence-electron chi connectivity index (χ2n) is 6.73. The summed E-state index contributed by atoms with van der Waals surface area (Å²) in [5, 5.41) is 3.04. The number of hydrogen-bond acceptors (Lipinski definition) is 3. The average molecular weight is 337 g/mol. The highest BCUT2D eigenvalue weighted by Gasteiger charge is 2.24. The van der Waals surface area contributed by atoms with Crippen molar-refractivity contribution in [2.75, 3.05) is 13.2 Å². The monoisotopic (exact) mass is 336 g/mol. The number of amides is 1. The molecule has 0 aromatic rings.